The largest absolute Gasteiger partial charge is 0.344 e. The summed E-state index contributed by atoms with van der Waals surface area (Å²) in [7, 11) is 0. The summed E-state index contributed by atoms with van der Waals surface area (Å²) in [5, 5.41) is 6.27. The van der Waals surface area contributed by atoms with Crippen LogP contribution in [0.4, 0.5) is 0 Å². The molecule has 1 aliphatic carbocycles. The molecule has 2 amide bonds. The van der Waals surface area contributed by atoms with Crippen molar-refractivity contribution in [3.8, 4) is 0 Å². The normalized spacial score (nSPS) is 21.1. The Hall–Kier alpha value is -2.48. The molecule has 1 atom stereocenters. The Balaban J connectivity index is 1.33. The first-order valence-corrected chi connectivity index (χ1v) is 10.6. The van der Waals surface area contributed by atoms with E-state index in [0.29, 0.717) is 35.0 Å². The molecule has 8 heteroatoms. The van der Waals surface area contributed by atoms with E-state index in [9.17, 15) is 9.59 Å². The van der Waals surface area contributed by atoms with E-state index in [-0.39, 0.29) is 17.2 Å². The quantitative estimate of drug-likeness (QED) is 0.685. The topological polar surface area (TPSA) is 103 Å². The van der Waals surface area contributed by atoms with Crippen LogP contribution in [0.2, 0.25) is 0 Å². The lowest BCUT2D eigenvalue weighted by Crippen LogP contribution is -2.73. The first-order valence-electron chi connectivity index (χ1n) is 10.6. The Morgan fingerprint density at radius 2 is 2.07 bits per heavy atom. The molecule has 154 valence electrons. The first kappa shape index (κ1) is 18.5. The summed E-state index contributed by atoms with van der Waals surface area (Å²) in [5.74, 6) is 0.522. The van der Waals surface area contributed by atoms with Crippen LogP contribution >= 0.6 is 0 Å². The van der Waals surface area contributed by atoms with Gasteiger partial charge < -0.3 is 20.5 Å². The van der Waals surface area contributed by atoms with Crippen molar-refractivity contribution in [2.75, 3.05) is 26.2 Å². The molecule has 3 N–H and O–H groups in total. The van der Waals surface area contributed by atoms with E-state index in [4.69, 9.17) is 0 Å². The van der Waals surface area contributed by atoms with E-state index in [1.54, 1.807) is 12.4 Å². The highest BCUT2D eigenvalue weighted by atomic mass is 16.2. The third kappa shape index (κ3) is 3.39. The zero-order chi connectivity index (χ0) is 20.2. The second-order valence-electron chi connectivity index (χ2n) is 9.42. The molecule has 0 unspecified atom stereocenters. The van der Waals surface area contributed by atoms with Gasteiger partial charge in [0, 0.05) is 43.7 Å². The molecule has 0 bridgehead atoms. The third-order valence-corrected chi connectivity index (χ3v) is 6.31. The third-order valence-electron chi connectivity index (χ3n) is 6.31. The SMILES string of the molecule is CC(C)C[C@@H](NC(=O)c1c[nH]c2ncc(C3CC3)nc12)C(=O)N1CC2(CNC2)C1. The molecule has 2 aliphatic heterocycles. The number of carbonyl (C=O) groups excluding carboxylic acids is 2. The van der Waals surface area contributed by atoms with E-state index < -0.39 is 6.04 Å². The Morgan fingerprint density at radius 1 is 1.31 bits per heavy atom. The van der Waals surface area contributed by atoms with E-state index in [1.807, 2.05) is 4.90 Å². The van der Waals surface area contributed by atoms with Gasteiger partial charge in [0.15, 0.2) is 5.65 Å². The van der Waals surface area contributed by atoms with Crippen LogP contribution in [-0.4, -0.2) is 63.9 Å². The van der Waals surface area contributed by atoms with Gasteiger partial charge in [0.25, 0.3) is 5.91 Å². The molecule has 8 nitrogen and oxygen atoms in total. The summed E-state index contributed by atoms with van der Waals surface area (Å²) in [5.41, 5.74) is 2.87. The number of hydrogen-bond donors (Lipinski definition) is 3. The first-order chi connectivity index (χ1) is 13.9. The number of amides is 2. The van der Waals surface area contributed by atoms with Crippen LogP contribution in [0, 0.1) is 11.3 Å². The number of likely N-dealkylation sites (tertiary alicyclic amines) is 1. The Kier molecular flexibility index (Phi) is 4.34. The van der Waals surface area contributed by atoms with Gasteiger partial charge in [-0.05, 0) is 25.2 Å². The standard InChI is InChI=1S/C21H28N6O2/c1-12(2)5-15(20(29)27-10-21(11-27)8-22-9-21)26-19(28)14-6-23-18-17(14)25-16(7-24-18)13-3-4-13/h6-7,12-13,15,22H,3-5,8-11H2,1-2H3,(H,23,24)(H,26,28)/t15-/m1/s1. The number of hydrogen-bond acceptors (Lipinski definition) is 5. The molecule has 1 saturated carbocycles. The molecule has 1 spiro atoms. The van der Waals surface area contributed by atoms with Gasteiger partial charge in [-0.2, -0.15) is 0 Å². The minimum Gasteiger partial charge on any atom is -0.344 e. The van der Waals surface area contributed by atoms with Crippen molar-refractivity contribution in [1.82, 2.24) is 30.5 Å². The van der Waals surface area contributed by atoms with Crippen molar-refractivity contribution in [1.29, 1.82) is 0 Å². The predicted octanol–water partition coefficient (Wildman–Crippen LogP) is 1.41. The number of H-pyrrole nitrogens is 1. The van der Waals surface area contributed by atoms with Gasteiger partial charge in [-0.25, -0.2) is 9.97 Å². The monoisotopic (exact) mass is 396 g/mol. The smallest absolute Gasteiger partial charge is 0.255 e. The van der Waals surface area contributed by atoms with Gasteiger partial charge in [-0.3, -0.25) is 9.59 Å². The number of nitrogens with zero attached hydrogens (tertiary/aromatic N) is 3. The van der Waals surface area contributed by atoms with Gasteiger partial charge >= 0.3 is 0 Å². The molecule has 4 heterocycles. The van der Waals surface area contributed by atoms with Crippen molar-refractivity contribution in [2.45, 2.75) is 45.1 Å². The molecule has 0 aromatic carbocycles. The van der Waals surface area contributed by atoms with Crippen LogP contribution in [0.5, 0.6) is 0 Å². The summed E-state index contributed by atoms with van der Waals surface area (Å²) < 4.78 is 0. The summed E-state index contributed by atoms with van der Waals surface area (Å²) >= 11 is 0. The summed E-state index contributed by atoms with van der Waals surface area (Å²) in [6, 6.07) is -0.516. The van der Waals surface area contributed by atoms with Crippen LogP contribution in [0.3, 0.4) is 0 Å². The minimum absolute atomic E-state index is 0.0224. The van der Waals surface area contributed by atoms with Crippen molar-refractivity contribution in [3.05, 3.63) is 23.7 Å². The maximum Gasteiger partial charge on any atom is 0.255 e. The number of rotatable bonds is 6. The molecule has 5 rings (SSSR count). The van der Waals surface area contributed by atoms with E-state index in [0.717, 1.165) is 44.7 Å². The maximum atomic E-state index is 13.1. The fraction of sp³-hybridized carbons (Fsp3) is 0.619. The van der Waals surface area contributed by atoms with Gasteiger partial charge in [-0.15, -0.1) is 0 Å². The van der Waals surface area contributed by atoms with Crippen LogP contribution < -0.4 is 10.6 Å². The Bertz CT molecular complexity index is 951. The van der Waals surface area contributed by atoms with Crippen LogP contribution in [0.25, 0.3) is 11.2 Å². The second-order valence-corrected chi connectivity index (χ2v) is 9.42. The number of aromatic nitrogens is 3. The number of fused-ring (bicyclic) bond motifs is 1. The fourth-order valence-electron chi connectivity index (χ4n) is 4.42. The highest BCUT2D eigenvalue weighted by molar-refractivity contribution is 6.06. The van der Waals surface area contributed by atoms with Crippen molar-refractivity contribution >= 4 is 23.0 Å². The van der Waals surface area contributed by atoms with E-state index in [1.165, 1.54) is 0 Å². The number of carbonyl (C=O) groups is 2. The lowest BCUT2D eigenvalue weighted by Gasteiger charge is -2.56. The summed E-state index contributed by atoms with van der Waals surface area (Å²) in [6.07, 6.45) is 6.31. The van der Waals surface area contributed by atoms with Crippen LogP contribution in [0.1, 0.15) is 55.1 Å². The second kappa shape index (κ2) is 6.79. The molecule has 0 radical (unpaired) electrons. The molecule has 3 fully saturated rings. The number of aromatic amines is 1. The lowest BCUT2D eigenvalue weighted by molar-refractivity contribution is -0.149. The molecule has 2 aromatic rings. The van der Waals surface area contributed by atoms with Crippen molar-refractivity contribution in [3.63, 3.8) is 0 Å². The molecule has 2 saturated heterocycles. The average molecular weight is 396 g/mol. The molecular weight excluding hydrogens is 368 g/mol. The lowest BCUT2D eigenvalue weighted by atomic mass is 9.74. The molecular formula is C21H28N6O2. The fourth-order valence-corrected chi connectivity index (χ4v) is 4.42. The molecule has 2 aromatic heterocycles. The van der Waals surface area contributed by atoms with Crippen LogP contribution in [-0.2, 0) is 4.79 Å². The van der Waals surface area contributed by atoms with Gasteiger partial charge in [0.05, 0.1) is 17.5 Å². The van der Waals surface area contributed by atoms with Crippen molar-refractivity contribution in [2.24, 2.45) is 11.3 Å². The zero-order valence-electron chi connectivity index (χ0n) is 17.0. The van der Waals surface area contributed by atoms with Gasteiger partial charge in [0.2, 0.25) is 5.91 Å². The number of nitrogens with one attached hydrogen (secondary N) is 3. The Labute approximate surface area is 169 Å². The van der Waals surface area contributed by atoms with Crippen molar-refractivity contribution < 1.29 is 9.59 Å². The van der Waals surface area contributed by atoms with E-state index in [2.05, 4.69) is 39.4 Å². The summed E-state index contributed by atoms with van der Waals surface area (Å²) in [6.45, 7) is 7.67. The van der Waals surface area contributed by atoms with E-state index >= 15 is 0 Å². The highest BCUT2D eigenvalue weighted by Crippen LogP contribution is 2.39. The highest BCUT2D eigenvalue weighted by Gasteiger charge is 2.50. The van der Waals surface area contributed by atoms with Gasteiger partial charge in [-0.1, -0.05) is 13.8 Å². The average Bonchev–Trinajstić information content (AvgIpc) is 3.37. The van der Waals surface area contributed by atoms with Gasteiger partial charge in [0.1, 0.15) is 11.6 Å². The molecule has 29 heavy (non-hydrogen) atoms. The Morgan fingerprint density at radius 3 is 2.69 bits per heavy atom. The maximum absolute atomic E-state index is 13.1. The minimum atomic E-state index is -0.516. The molecule has 3 aliphatic rings. The predicted molar refractivity (Wildman–Crippen MR) is 108 cm³/mol. The van der Waals surface area contributed by atoms with Crippen LogP contribution in [0.15, 0.2) is 12.4 Å². The summed E-state index contributed by atoms with van der Waals surface area (Å²) in [4.78, 5) is 40.1. The zero-order valence-corrected chi connectivity index (χ0v) is 17.0.